The van der Waals surface area contributed by atoms with Crippen LogP contribution in [0.4, 0.5) is 0 Å². The van der Waals surface area contributed by atoms with E-state index < -0.39 is 0 Å². The highest BCUT2D eigenvalue weighted by Gasteiger charge is 2.24. The highest BCUT2D eigenvalue weighted by Crippen LogP contribution is 2.30. The summed E-state index contributed by atoms with van der Waals surface area (Å²) in [5.41, 5.74) is 0.589. The predicted octanol–water partition coefficient (Wildman–Crippen LogP) is 2.92. The Balaban J connectivity index is 1.91. The number of amides is 2. The van der Waals surface area contributed by atoms with Crippen LogP contribution in [-0.2, 0) is 16.0 Å². The van der Waals surface area contributed by atoms with Gasteiger partial charge in [0.15, 0.2) is 0 Å². The van der Waals surface area contributed by atoms with Gasteiger partial charge in [-0.25, -0.2) is 0 Å². The number of nitrogens with one attached hydrogen (secondary N) is 1. The Labute approximate surface area is 151 Å². The molecule has 1 aliphatic rings. The molecule has 0 aliphatic carbocycles. The molecule has 130 valence electrons. The fourth-order valence-corrected chi connectivity index (χ4v) is 3.10. The van der Waals surface area contributed by atoms with Gasteiger partial charge in [-0.15, -0.1) is 0 Å². The van der Waals surface area contributed by atoms with Gasteiger partial charge in [0.2, 0.25) is 11.8 Å². The summed E-state index contributed by atoms with van der Waals surface area (Å²) in [6.45, 7) is 4.59. The highest BCUT2D eigenvalue weighted by atomic mass is 35.5. The molecule has 1 aromatic rings. The summed E-state index contributed by atoms with van der Waals surface area (Å²) in [5.74, 6) is -0.208. The predicted molar refractivity (Wildman–Crippen MR) is 94.4 cm³/mol. The molecule has 1 heterocycles. The first-order valence-electron chi connectivity index (χ1n) is 7.78. The van der Waals surface area contributed by atoms with E-state index in [0.717, 1.165) is 12.8 Å². The lowest BCUT2D eigenvalue weighted by molar-refractivity contribution is -0.133. The second-order valence-electron chi connectivity index (χ2n) is 5.79. The number of carbonyl (C=O) groups excluding carboxylic acids is 2. The van der Waals surface area contributed by atoms with Gasteiger partial charge in [0.1, 0.15) is 5.75 Å². The molecule has 0 bridgehead atoms. The van der Waals surface area contributed by atoms with E-state index in [0.29, 0.717) is 30.1 Å². The first-order chi connectivity index (χ1) is 11.4. The maximum Gasteiger partial charge on any atom is 0.243 e. The fraction of sp³-hybridized carbons (Fsp3) is 0.412. The smallest absolute Gasteiger partial charge is 0.243 e. The maximum atomic E-state index is 12.4. The molecule has 24 heavy (non-hydrogen) atoms. The molecule has 0 aromatic heterocycles. The van der Waals surface area contributed by atoms with Crippen molar-refractivity contribution in [3.8, 4) is 5.75 Å². The van der Waals surface area contributed by atoms with E-state index in [2.05, 4.69) is 11.9 Å². The maximum absolute atomic E-state index is 12.4. The molecule has 2 N–H and O–H groups in total. The lowest BCUT2D eigenvalue weighted by Gasteiger charge is -2.33. The van der Waals surface area contributed by atoms with Crippen LogP contribution < -0.4 is 5.32 Å². The van der Waals surface area contributed by atoms with Gasteiger partial charge in [0.05, 0.1) is 10.0 Å². The minimum atomic E-state index is -0.227. The number of aromatic hydroxyl groups is 1. The van der Waals surface area contributed by atoms with E-state index in [1.165, 1.54) is 12.1 Å². The molecule has 5 nitrogen and oxygen atoms in total. The third kappa shape index (κ3) is 4.89. The van der Waals surface area contributed by atoms with Crippen LogP contribution in [0.25, 0.3) is 0 Å². The van der Waals surface area contributed by atoms with Crippen molar-refractivity contribution in [1.29, 1.82) is 0 Å². The molecule has 1 aliphatic heterocycles. The van der Waals surface area contributed by atoms with Crippen LogP contribution >= 0.6 is 23.2 Å². The third-order valence-electron chi connectivity index (χ3n) is 4.04. The van der Waals surface area contributed by atoms with E-state index in [4.69, 9.17) is 23.2 Å². The van der Waals surface area contributed by atoms with Crippen molar-refractivity contribution < 1.29 is 14.7 Å². The molecule has 7 heteroatoms. The number of hydrogen-bond acceptors (Lipinski definition) is 3. The van der Waals surface area contributed by atoms with Gasteiger partial charge in [-0.2, -0.15) is 0 Å². The number of carbonyl (C=O) groups is 2. The van der Waals surface area contributed by atoms with Gasteiger partial charge >= 0.3 is 0 Å². The molecule has 0 unspecified atom stereocenters. The SMILES string of the molecule is C=CC(=O)N[C@@H]1CCCN(C(=O)CCc2cc(Cl)c(Cl)cc2O)C1. The van der Waals surface area contributed by atoms with Crippen LogP contribution in [0.5, 0.6) is 5.75 Å². The van der Waals surface area contributed by atoms with Crippen LogP contribution in [0, 0.1) is 0 Å². The number of benzene rings is 1. The number of nitrogens with zero attached hydrogens (tertiary/aromatic N) is 1. The molecule has 1 atom stereocenters. The Morgan fingerprint density at radius 1 is 1.38 bits per heavy atom. The van der Waals surface area contributed by atoms with Crippen molar-refractivity contribution in [2.45, 2.75) is 31.7 Å². The van der Waals surface area contributed by atoms with E-state index >= 15 is 0 Å². The van der Waals surface area contributed by atoms with Crippen LogP contribution in [-0.4, -0.2) is 41.0 Å². The van der Waals surface area contributed by atoms with Gasteiger partial charge in [0.25, 0.3) is 0 Å². The molecule has 2 amide bonds. The van der Waals surface area contributed by atoms with E-state index in [1.54, 1.807) is 11.0 Å². The molecule has 0 radical (unpaired) electrons. The van der Waals surface area contributed by atoms with E-state index in [9.17, 15) is 14.7 Å². The first kappa shape index (κ1) is 18.6. The van der Waals surface area contributed by atoms with Crippen LogP contribution in [0.3, 0.4) is 0 Å². The Bertz CT molecular complexity index is 649. The monoisotopic (exact) mass is 370 g/mol. The Kier molecular flexibility index (Phi) is 6.52. The van der Waals surface area contributed by atoms with Crippen LogP contribution in [0.1, 0.15) is 24.8 Å². The Morgan fingerprint density at radius 3 is 2.79 bits per heavy atom. The normalized spacial score (nSPS) is 17.4. The lowest BCUT2D eigenvalue weighted by Crippen LogP contribution is -2.49. The van der Waals surface area contributed by atoms with Crippen LogP contribution in [0.2, 0.25) is 10.0 Å². The number of halogens is 2. The highest BCUT2D eigenvalue weighted by molar-refractivity contribution is 6.42. The molecular weight excluding hydrogens is 351 g/mol. The summed E-state index contributed by atoms with van der Waals surface area (Å²) in [5, 5.41) is 13.3. The molecule has 1 fully saturated rings. The van der Waals surface area contributed by atoms with Gasteiger partial charge in [0, 0.05) is 31.6 Å². The van der Waals surface area contributed by atoms with Gasteiger partial charge < -0.3 is 15.3 Å². The molecule has 0 saturated carbocycles. The van der Waals surface area contributed by atoms with Crippen molar-refractivity contribution >= 4 is 35.0 Å². The van der Waals surface area contributed by atoms with E-state index in [1.807, 2.05) is 0 Å². The summed E-state index contributed by atoms with van der Waals surface area (Å²) in [4.78, 5) is 25.5. The molecular formula is C17H20Cl2N2O3. The zero-order valence-corrected chi connectivity index (χ0v) is 14.7. The Hall–Kier alpha value is -1.72. The summed E-state index contributed by atoms with van der Waals surface area (Å²) >= 11 is 11.8. The van der Waals surface area contributed by atoms with Crippen molar-refractivity contribution in [3.63, 3.8) is 0 Å². The average Bonchev–Trinajstić information content (AvgIpc) is 2.56. The van der Waals surface area contributed by atoms with Crippen molar-refractivity contribution in [1.82, 2.24) is 10.2 Å². The number of aryl methyl sites for hydroxylation is 1. The zero-order chi connectivity index (χ0) is 17.7. The molecule has 0 spiro atoms. The minimum absolute atomic E-state index is 0.0157. The largest absolute Gasteiger partial charge is 0.508 e. The van der Waals surface area contributed by atoms with Gasteiger partial charge in [-0.1, -0.05) is 29.8 Å². The minimum Gasteiger partial charge on any atom is -0.508 e. The van der Waals surface area contributed by atoms with Crippen LogP contribution in [0.15, 0.2) is 24.8 Å². The number of phenolic OH excluding ortho intramolecular Hbond substituents is 1. The summed E-state index contributed by atoms with van der Waals surface area (Å²) in [6, 6.07) is 2.91. The Morgan fingerprint density at radius 2 is 2.08 bits per heavy atom. The fourth-order valence-electron chi connectivity index (χ4n) is 2.76. The number of phenols is 1. The van der Waals surface area contributed by atoms with Crippen molar-refractivity contribution in [3.05, 3.63) is 40.4 Å². The summed E-state index contributed by atoms with van der Waals surface area (Å²) in [6.07, 6.45) is 3.55. The zero-order valence-electron chi connectivity index (χ0n) is 13.2. The molecule has 2 rings (SSSR count). The number of rotatable bonds is 5. The van der Waals surface area contributed by atoms with Crippen molar-refractivity contribution in [2.24, 2.45) is 0 Å². The van der Waals surface area contributed by atoms with E-state index in [-0.39, 0.29) is 35.0 Å². The molecule has 1 aromatic carbocycles. The van der Waals surface area contributed by atoms with Crippen molar-refractivity contribution in [2.75, 3.05) is 13.1 Å². The summed E-state index contributed by atoms with van der Waals surface area (Å²) < 4.78 is 0. The van der Waals surface area contributed by atoms with Gasteiger partial charge in [-0.05, 0) is 37.0 Å². The topological polar surface area (TPSA) is 69.6 Å². The average molecular weight is 371 g/mol. The standard InChI is InChI=1S/C17H20Cl2N2O3/c1-2-16(23)20-12-4-3-7-21(10-12)17(24)6-5-11-8-13(18)14(19)9-15(11)22/h2,8-9,12,22H,1,3-7,10H2,(H,20,23)/t12-/m1/s1. The number of likely N-dealkylation sites (tertiary alicyclic amines) is 1. The quantitative estimate of drug-likeness (QED) is 0.782. The lowest BCUT2D eigenvalue weighted by atomic mass is 10.0. The first-order valence-corrected chi connectivity index (χ1v) is 8.54. The molecule has 1 saturated heterocycles. The third-order valence-corrected chi connectivity index (χ3v) is 4.76. The second-order valence-corrected chi connectivity index (χ2v) is 6.60. The second kappa shape index (κ2) is 8.40. The summed E-state index contributed by atoms with van der Waals surface area (Å²) in [7, 11) is 0. The number of hydrogen-bond donors (Lipinski definition) is 2. The number of piperidine rings is 1. The van der Waals surface area contributed by atoms with Gasteiger partial charge in [-0.3, -0.25) is 9.59 Å².